The highest BCUT2D eigenvalue weighted by Crippen LogP contribution is 2.18. The summed E-state index contributed by atoms with van der Waals surface area (Å²) in [6.07, 6.45) is 1.86. The van der Waals surface area contributed by atoms with Crippen LogP contribution in [0.2, 0.25) is 0 Å². The van der Waals surface area contributed by atoms with Crippen molar-refractivity contribution >= 4 is 5.69 Å². The summed E-state index contributed by atoms with van der Waals surface area (Å²) in [6.45, 7) is 5.37. The monoisotopic (exact) mass is 199 g/mol. The van der Waals surface area contributed by atoms with Crippen LogP contribution in [0, 0.1) is 6.92 Å². The summed E-state index contributed by atoms with van der Waals surface area (Å²) in [7, 11) is 0. The lowest BCUT2D eigenvalue weighted by molar-refractivity contribution is -0.0287. The summed E-state index contributed by atoms with van der Waals surface area (Å²) < 4.78 is 6.92. The van der Waals surface area contributed by atoms with Gasteiger partial charge in [0.05, 0.1) is 30.6 Å². The topological polar surface area (TPSA) is 73.3 Å². The second-order valence-corrected chi connectivity index (χ2v) is 3.16. The molecule has 0 atom stereocenters. The van der Waals surface area contributed by atoms with Gasteiger partial charge >= 0.3 is 0 Å². The van der Waals surface area contributed by atoms with Gasteiger partial charge in [-0.1, -0.05) is 0 Å². The Morgan fingerprint density at radius 3 is 2.57 bits per heavy atom. The molecule has 0 radical (unpaired) electrons. The van der Waals surface area contributed by atoms with Crippen LogP contribution in [0.5, 0.6) is 0 Å². The van der Waals surface area contributed by atoms with E-state index in [9.17, 15) is 0 Å². The van der Waals surface area contributed by atoms with Crippen LogP contribution in [-0.2, 0) is 4.74 Å². The maximum Gasteiger partial charge on any atom is 0.0986 e. The fraction of sp³-hybridized carbons (Fsp3) is 0.667. The van der Waals surface area contributed by atoms with Gasteiger partial charge in [0.25, 0.3) is 0 Å². The molecule has 0 spiro atoms. The highest BCUT2D eigenvalue weighted by molar-refractivity contribution is 5.39. The van der Waals surface area contributed by atoms with Gasteiger partial charge in [0.1, 0.15) is 0 Å². The standard InChI is InChI=1S/C7H11N3O.C2H6O/c1-5-7(8)2-10(9-5)6-3-11-4-6;1-2-3/h2,6H,3-4,8H2,1H3;3H,2H2,1H3. The van der Waals surface area contributed by atoms with E-state index in [1.807, 2.05) is 17.8 Å². The number of aliphatic hydroxyl groups excluding tert-OH is 1. The zero-order valence-electron chi connectivity index (χ0n) is 8.60. The van der Waals surface area contributed by atoms with E-state index in [1.165, 1.54) is 0 Å². The molecule has 1 aromatic heterocycles. The van der Waals surface area contributed by atoms with Crippen LogP contribution in [0.1, 0.15) is 18.7 Å². The third-order valence-electron chi connectivity index (χ3n) is 1.95. The largest absolute Gasteiger partial charge is 0.397 e. The molecule has 1 saturated heterocycles. The van der Waals surface area contributed by atoms with Crippen LogP contribution >= 0.6 is 0 Å². The van der Waals surface area contributed by atoms with E-state index in [2.05, 4.69) is 5.10 Å². The van der Waals surface area contributed by atoms with Crippen molar-refractivity contribution in [2.75, 3.05) is 25.6 Å². The SMILES string of the molecule is CCO.Cc1nn(C2COC2)cc1N. The predicted molar refractivity (Wildman–Crippen MR) is 54.0 cm³/mol. The molecule has 0 saturated carbocycles. The molecule has 3 N–H and O–H groups in total. The minimum atomic E-state index is 0.250. The van der Waals surface area contributed by atoms with Crippen molar-refractivity contribution < 1.29 is 9.84 Å². The van der Waals surface area contributed by atoms with Crippen molar-refractivity contribution in [1.82, 2.24) is 9.78 Å². The average molecular weight is 199 g/mol. The highest BCUT2D eigenvalue weighted by atomic mass is 16.5. The summed E-state index contributed by atoms with van der Waals surface area (Å²) >= 11 is 0. The third-order valence-corrected chi connectivity index (χ3v) is 1.95. The maximum atomic E-state index is 7.57. The van der Waals surface area contributed by atoms with Crippen molar-refractivity contribution in [3.8, 4) is 0 Å². The molecule has 1 aliphatic heterocycles. The number of aliphatic hydroxyl groups is 1. The quantitative estimate of drug-likeness (QED) is 0.684. The van der Waals surface area contributed by atoms with Crippen LogP contribution in [0.3, 0.4) is 0 Å². The summed E-state index contributed by atoms with van der Waals surface area (Å²) in [5, 5.41) is 11.8. The van der Waals surface area contributed by atoms with Crippen LogP contribution in [-0.4, -0.2) is 34.7 Å². The Labute approximate surface area is 83.5 Å². The molecular weight excluding hydrogens is 182 g/mol. The normalized spacial score (nSPS) is 15.6. The first kappa shape index (κ1) is 11.0. The third kappa shape index (κ3) is 2.46. The molecule has 0 amide bonds. The number of rotatable bonds is 1. The van der Waals surface area contributed by atoms with Crippen LogP contribution < -0.4 is 5.73 Å². The first-order valence-corrected chi connectivity index (χ1v) is 4.68. The fourth-order valence-corrected chi connectivity index (χ4v) is 1.06. The Kier molecular flexibility index (Phi) is 3.91. The van der Waals surface area contributed by atoms with Crippen molar-refractivity contribution in [3.63, 3.8) is 0 Å². The Balaban J connectivity index is 0.000000293. The molecule has 1 aliphatic rings. The first-order valence-electron chi connectivity index (χ1n) is 4.68. The molecule has 5 nitrogen and oxygen atoms in total. The second kappa shape index (κ2) is 4.97. The van der Waals surface area contributed by atoms with Gasteiger partial charge in [-0.3, -0.25) is 4.68 Å². The van der Waals surface area contributed by atoms with E-state index in [0.29, 0.717) is 6.04 Å². The number of aryl methyl sites for hydroxylation is 1. The minimum Gasteiger partial charge on any atom is -0.397 e. The molecule has 5 heteroatoms. The fourth-order valence-electron chi connectivity index (χ4n) is 1.06. The molecule has 0 aromatic carbocycles. The lowest BCUT2D eigenvalue weighted by Crippen LogP contribution is -2.30. The number of ether oxygens (including phenoxy) is 1. The van der Waals surface area contributed by atoms with E-state index in [-0.39, 0.29) is 6.61 Å². The highest BCUT2D eigenvalue weighted by Gasteiger charge is 2.21. The first-order chi connectivity index (χ1) is 6.69. The molecule has 0 unspecified atom stereocenters. The summed E-state index contributed by atoms with van der Waals surface area (Å²) in [6, 6.07) is 0.408. The number of nitrogen functional groups attached to an aromatic ring is 1. The molecule has 1 fully saturated rings. The predicted octanol–water partition coefficient (Wildman–Crippen LogP) is 0.344. The van der Waals surface area contributed by atoms with Crippen molar-refractivity contribution in [2.24, 2.45) is 0 Å². The van der Waals surface area contributed by atoms with Gasteiger partial charge in [0.15, 0.2) is 0 Å². The zero-order valence-corrected chi connectivity index (χ0v) is 8.60. The van der Waals surface area contributed by atoms with Crippen LogP contribution in [0.4, 0.5) is 5.69 Å². The number of aromatic nitrogens is 2. The summed E-state index contributed by atoms with van der Waals surface area (Å²) in [4.78, 5) is 0. The number of nitrogens with two attached hydrogens (primary N) is 1. The number of hydrogen-bond donors (Lipinski definition) is 2. The Bertz CT molecular complexity index is 262. The zero-order chi connectivity index (χ0) is 10.6. The number of anilines is 1. The van der Waals surface area contributed by atoms with Crippen LogP contribution in [0.15, 0.2) is 6.20 Å². The lowest BCUT2D eigenvalue weighted by Gasteiger charge is -2.25. The van der Waals surface area contributed by atoms with Gasteiger partial charge < -0.3 is 15.6 Å². The van der Waals surface area contributed by atoms with Gasteiger partial charge in [0, 0.05) is 12.8 Å². The lowest BCUT2D eigenvalue weighted by atomic mass is 10.3. The smallest absolute Gasteiger partial charge is 0.0986 e. The molecule has 2 heterocycles. The Hall–Kier alpha value is -1.07. The van der Waals surface area contributed by atoms with E-state index < -0.39 is 0 Å². The van der Waals surface area contributed by atoms with E-state index >= 15 is 0 Å². The summed E-state index contributed by atoms with van der Waals surface area (Å²) in [5.41, 5.74) is 7.29. The van der Waals surface area contributed by atoms with E-state index in [0.717, 1.165) is 24.6 Å². The molecule has 2 rings (SSSR count). The van der Waals surface area contributed by atoms with E-state index in [4.69, 9.17) is 15.6 Å². The van der Waals surface area contributed by atoms with Gasteiger partial charge in [0.2, 0.25) is 0 Å². The minimum absolute atomic E-state index is 0.250. The Morgan fingerprint density at radius 2 is 2.29 bits per heavy atom. The number of hydrogen-bond acceptors (Lipinski definition) is 4. The van der Waals surface area contributed by atoms with E-state index in [1.54, 1.807) is 6.92 Å². The maximum absolute atomic E-state index is 7.57. The Morgan fingerprint density at radius 1 is 1.71 bits per heavy atom. The molecule has 1 aromatic rings. The number of nitrogens with zero attached hydrogens (tertiary/aromatic N) is 2. The molecule has 0 aliphatic carbocycles. The van der Waals surface area contributed by atoms with Gasteiger partial charge in [-0.25, -0.2) is 0 Å². The molecule has 0 bridgehead atoms. The van der Waals surface area contributed by atoms with Crippen molar-refractivity contribution in [3.05, 3.63) is 11.9 Å². The van der Waals surface area contributed by atoms with Crippen LogP contribution in [0.25, 0.3) is 0 Å². The molecular formula is C9H17N3O2. The van der Waals surface area contributed by atoms with Crippen molar-refractivity contribution in [2.45, 2.75) is 19.9 Å². The van der Waals surface area contributed by atoms with Gasteiger partial charge in [-0.2, -0.15) is 5.10 Å². The second-order valence-electron chi connectivity index (χ2n) is 3.16. The van der Waals surface area contributed by atoms with Gasteiger partial charge in [-0.15, -0.1) is 0 Å². The molecule has 80 valence electrons. The average Bonchev–Trinajstić information content (AvgIpc) is 2.29. The summed E-state index contributed by atoms with van der Waals surface area (Å²) in [5.74, 6) is 0. The molecule has 14 heavy (non-hydrogen) atoms. The van der Waals surface area contributed by atoms with Gasteiger partial charge in [-0.05, 0) is 13.8 Å². The van der Waals surface area contributed by atoms with Crippen molar-refractivity contribution in [1.29, 1.82) is 0 Å².